The Morgan fingerprint density at radius 2 is 0.636 bits per heavy atom. The van der Waals surface area contributed by atoms with E-state index < -0.39 is 0 Å². The first-order chi connectivity index (χ1) is 10.9. The molecule has 0 aromatic carbocycles. The van der Waals surface area contributed by atoms with Gasteiger partial charge in [0.05, 0.1) is 0 Å². The molecule has 0 amide bonds. The van der Waals surface area contributed by atoms with E-state index in [9.17, 15) is 0 Å². The lowest BCUT2D eigenvalue weighted by atomic mass is 9.71. The highest BCUT2D eigenvalue weighted by Gasteiger charge is 2.83. The molecule has 0 nitrogen and oxygen atoms in total. The van der Waals surface area contributed by atoms with E-state index in [1.54, 1.807) is 25.7 Å². The predicted octanol–water partition coefficient (Wildman–Crippen LogP) is 3.84. The van der Waals surface area contributed by atoms with E-state index in [2.05, 4.69) is 11.1 Å². The van der Waals surface area contributed by atoms with Crippen molar-refractivity contribution in [2.24, 2.45) is 94.7 Å². The lowest BCUT2D eigenvalue weighted by Crippen LogP contribution is -2.30. The van der Waals surface area contributed by atoms with Crippen LogP contribution in [-0.4, -0.2) is 0 Å². The smallest absolute Gasteiger partial charge is 0.0132 e. The number of hydrogen-bond donors (Lipinski definition) is 0. The van der Waals surface area contributed by atoms with Gasteiger partial charge in [-0.05, 0) is 120 Å². The minimum absolute atomic E-state index is 1.17. The van der Waals surface area contributed by atoms with Crippen molar-refractivity contribution in [1.82, 2.24) is 0 Å². The van der Waals surface area contributed by atoms with Gasteiger partial charge in [-0.3, -0.25) is 0 Å². The summed E-state index contributed by atoms with van der Waals surface area (Å²) in [7, 11) is 0. The van der Waals surface area contributed by atoms with Crippen LogP contribution in [0.5, 0.6) is 0 Å². The van der Waals surface area contributed by atoms with Gasteiger partial charge < -0.3 is 0 Å². The molecule has 0 saturated heterocycles. The van der Waals surface area contributed by atoms with Crippen molar-refractivity contribution < 1.29 is 0 Å². The summed E-state index contributed by atoms with van der Waals surface area (Å²) in [6, 6.07) is 0. The largest absolute Gasteiger partial charge is 0.0630 e. The summed E-state index contributed by atoms with van der Waals surface area (Å²) in [5.41, 5.74) is 4.48. The van der Waals surface area contributed by atoms with Crippen LogP contribution in [0.4, 0.5) is 0 Å². The van der Waals surface area contributed by atoms with Crippen LogP contribution in [0.2, 0.25) is 0 Å². The SMILES string of the molecule is C1C2C3C(=C4C5C6CC7C8C[C@H](C4C86)C75)C4C2C2C[C@H]4C3C12. The first-order valence-corrected chi connectivity index (χ1v) is 10.7. The normalized spacial score (nSPS) is 89.5. The third-order valence-electron chi connectivity index (χ3n) is 12.5. The predicted molar refractivity (Wildman–Crippen MR) is 81.3 cm³/mol. The zero-order valence-corrected chi connectivity index (χ0v) is 13.1. The van der Waals surface area contributed by atoms with Crippen LogP contribution in [0.1, 0.15) is 25.7 Å². The Morgan fingerprint density at radius 1 is 0.364 bits per heavy atom. The first-order valence-electron chi connectivity index (χ1n) is 10.7. The van der Waals surface area contributed by atoms with Crippen molar-refractivity contribution in [3.63, 3.8) is 0 Å². The fourth-order valence-electron chi connectivity index (χ4n) is 13.4. The monoisotopic (exact) mass is 288 g/mol. The highest BCUT2D eigenvalue weighted by Crippen LogP contribution is 2.89. The summed E-state index contributed by atoms with van der Waals surface area (Å²) in [4.78, 5) is 0. The van der Waals surface area contributed by atoms with E-state index in [-0.39, 0.29) is 0 Å². The van der Waals surface area contributed by atoms with E-state index in [1.165, 1.54) is 94.7 Å². The van der Waals surface area contributed by atoms with E-state index in [1.807, 2.05) is 0 Å². The van der Waals surface area contributed by atoms with E-state index in [4.69, 9.17) is 0 Å². The molecule has 0 aliphatic heterocycles. The summed E-state index contributed by atoms with van der Waals surface area (Å²) in [6.45, 7) is 0. The van der Waals surface area contributed by atoms with Crippen LogP contribution in [0, 0.1) is 94.7 Å². The van der Waals surface area contributed by atoms with Crippen molar-refractivity contribution in [2.75, 3.05) is 0 Å². The van der Waals surface area contributed by atoms with Gasteiger partial charge in [-0.15, -0.1) is 0 Å². The molecule has 12 fully saturated rings. The summed E-state index contributed by atoms with van der Waals surface area (Å²) in [6.07, 6.45) is 6.76. The van der Waals surface area contributed by atoms with Crippen LogP contribution in [-0.2, 0) is 0 Å². The van der Waals surface area contributed by atoms with E-state index in [0.717, 1.165) is 0 Å². The fraction of sp³-hybridized carbons (Fsp3) is 0.909. The Morgan fingerprint density at radius 3 is 0.909 bits per heavy atom. The summed E-state index contributed by atoms with van der Waals surface area (Å²) in [5.74, 6) is 19.4. The van der Waals surface area contributed by atoms with Gasteiger partial charge in [-0.2, -0.15) is 0 Å². The van der Waals surface area contributed by atoms with Crippen molar-refractivity contribution >= 4 is 0 Å². The van der Waals surface area contributed by atoms with E-state index >= 15 is 0 Å². The Kier molecular flexibility index (Phi) is 1.09. The summed E-state index contributed by atoms with van der Waals surface area (Å²) >= 11 is 0. The molecule has 12 aliphatic carbocycles. The highest BCUT2D eigenvalue weighted by molar-refractivity contribution is 5.50. The second-order valence-corrected chi connectivity index (χ2v) is 11.6. The molecule has 0 aromatic heterocycles. The van der Waals surface area contributed by atoms with Crippen LogP contribution >= 0.6 is 0 Å². The van der Waals surface area contributed by atoms with Crippen LogP contribution in [0.15, 0.2) is 11.1 Å². The molecule has 0 spiro atoms. The maximum atomic E-state index is 2.24. The first kappa shape index (κ1) is 9.90. The lowest BCUT2D eigenvalue weighted by molar-refractivity contribution is 0.132. The average molecular weight is 288 g/mol. The molecule has 12 aliphatic rings. The van der Waals surface area contributed by atoms with Crippen molar-refractivity contribution in [1.29, 1.82) is 0 Å². The van der Waals surface area contributed by atoms with Gasteiger partial charge in [-0.25, -0.2) is 0 Å². The molecule has 0 radical (unpaired) electrons. The summed E-state index contributed by atoms with van der Waals surface area (Å²) < 4.78 is 0. The number of rotatable bonds is 0. The number of allylic oxidation sites excluding steroid dienone is 2. The highest BCUT2D eigenvalue weighted by atomic mass is 14.9. The second-order valence-electron chi connectivity index (χ2n) is 11.6. The zero-order valence-electron chi connectivity index (χ0n) is 13.1. The number of hydrogen-bond acceptors (Lipinski definition) is 0. The van der Waals surface area contributed by atoms with Gasteiger partial charge >= 0.3 is 0 Å². The minimum Gasteiger partial charge on any atom is -0.0630 e. The van der Waals surface area contributed by atoms with Crippen molar-refractivity contribution in [3.8, 4) is 0 Å². The molecule has 112 valence electrons. The Balaban J connectivity index is 1.31. The van der Waals surface area contributed by atoms with Crippen molar-refractivity contribution in [3.05, 3.63) is 11.1 Å². The Hall–Kier alpha value is -0.260. The average Bonchev–Trinajstić information content (AvgIpc) is 3.23. The lowest BCUT2D eigenvalue weighted by Gasteiger charge is -2.33. The van der Waals surface area contributed by atoms with Crippen LogP contribution in [0.25, 0.3) is 0 Å². The van der Waals surface area contributed by atoms with Crippen LogP contribution in [0.3, 0.4) is 0 Å². The van der Waals surface area contributed by atoms with Gasteiger partial charge in [0.2, 0.25) is 0 Å². The molecular formula is C22H24. The third-order valence-corrected chi connectivity index (χ3v) is 12.5. The molecule has 14 unspecified atom stereocenters. The molecule has 0 heteroatoms. The molecule has 0 aromatic rings. The summed E-state index contributed by atoms with van der Waals surface area (Å²) in [5, 5.41) is 0. The zero-order chi connectivity index (χ0) is 13.2. The van der Waals surface area contributed by atoms with Gasteiger partial charge in [0.25, 0.3) is 0 Å². The molecule has 22 heavy (non-hydrogen) atoms. The Labute approximate surface area is 132 Å². The molecule has 0 heterocycles. The Bertz CT molecular complexity index is 623. The molecule has 0 N–H and O–H groups in total. The molecular weight excluding hydrogens is 264 g/mol. The molecule has 12 bridgehead atoms. The maximum Gasteiger partial charge on any atom is -0.0132 e. The second kappa shape index (κ2) is 2.42. The topological polar surface area (TPSA) is 0 Å². The quantitative estimate of drug-likeness (QED) is 0.594. The third kappa shape index (κ3) is 0.597. The molecule has 12 rings (SSSR count). The van der Waals surface area contributed by atoms with Gasteiger partial charge in [0.1, 0.15) is 0 Å². The van der Waals surface area contributed by atoms with Gasteiger partial charge in [-0.1, -0.05) is 11.1 Å². The maximum absolute atomic E-state index is 2.24. The van der Waals surface area contributed by atoms with Gasteiger partial charge in [0, 0.05) is 0 Å². The standard InChI is InChI=1S/C22H24/c1-5-6-2-10-13(5)17-9(1)14(6)18(10)21(17)22-19-11-3-7-8-4-12(15(7)19)20(22)16(8)11/h5-20H,1-4H2/t5?,6?,7?,8?,9-,10?,11-,12?,13?,14?,15?,16?,17?,18?,19?,20?/m0/s1. The van der Waals surface area contributed by atoms with E-state index in [0.29, 0.717) is 0 Å². The fourth-order valence-corrected chi connectivity index (χ4v) is 13.4. The van der Waals surface area contributed by atoms with Crippen LogP contribution < -0.4 is 0 Å². The van der Waals surface area contributed by atoms with Crippen molar-refractivity contribution in [2.45, 2.75) is 25.7 Å². The van der Waals surface area contributed by atoms with Gasteiger partial charge in [0.15, 0.2) is 0 Å². The minimum atomic E-state index is 1.17. The molecule has 16 atom stereocenters. The molecule has 12 saturated carbocycles.